The number of rotatable bonds is 9. The largest absolute Gasteiger partial charge is 0.673 e. The van der Waals surface area contributed by atoms with E-state index < -0.39 is 14.5 Å². The van der Waals surface area contributed by atoms with Crippen molar-refractivity contribution in [2.75, 3.05) is 0 Å². The second-order valence-electron chi connectivity index (χ2n) is 8.82. The van der Waals surface area contributed by atoms with Gasteiger partial charge in [-0.05, 0) is 35.1 Å². The summed E-state index contributed by atoms with van der Waals surface area (Å²) < 4.78 is 82.6. The molecule has 0 saturated carbocycles. The Kier molecular flexibility index (Phi) is 13.4. The van der Waals surface area contributed by atoms with Crippen LogP contribution in [-0.2, 0) is 25.9 Å². The van der Waals surface area contributed by atoms with Crippen LogP contribution in [0.4, 0.5) is 34.5 Å². The number of halogens is 8. The molecule has 0 N–H and O–H groups in total. The van der Waals surface area contributed by atoms with Crippen molar-refractivity contribution in [3.8, 4) is 11.1 Å². The van der Waals surface area contributed by atoms with Crippen molar-refractivity contribution < 1.29 is 43.7 Å². The van der Waals surface area contributed by atoms with E-state index in [1.165, 1.54) is 22.3 Å². The molecule has 2 aromatic carbocycles. The molecule has 0 spiro atoms. The maximum absolute atomic E-state index is 9.75. The minimum absolute atomic E-state index is 1.05. The Morgan fingerprint density at radius 1 is 0.425 bits per heavy atom. The summed E-state index contributed by atoms with van der Waals surface area (Å²) >= 11 is 0. The lowest BCUT2D eigenvalue weighted by molar-refractivity contribution is -0.697. The van der Waals surface area contributed by atoms with E-state index in [0.29, 0.717) is 0 Å². The molecule has 214 valence electrons. The maximum Gasteiger partial charge on any atom is 0.673 e. The molecule has 0 fully saturated rings. The quantitative estimate of drug-likeness (QED) is 0.111. The summed E-state index contributed by atoms with van der Waals surface area (Å²) in [6, 6.07) is 30.3. The SMILES string of the molecule is F[B-](F)(F)F.F[B-](F)(F)F.c1ccc(CCC[n+]2ccc(-c3cc[n+](CCCc4ccccc4)cc3)cc2)cc1. The molecule has 4 aromatic rings. The van der Waals surface area contributed by atoms with Gasteiger partial charge in [0, 0.05) is 37.1 Å². The summed E-state index contributed by atoms with van der Waals surface area (Å²) in [6.45, 7) is 2.09. The number of hydrogen-bond acceptors (Lipinski definition) is 0. The van der Waals surface area contributed by atoms with E-state index >= 15 is 0 Å². The molecule has 0 amide bonds. The van der Waals surface area contributed by atoms with Crippen molar-refractivity contribution in [1.29, 1.82) is 0 Å². The van der Waals surface area contributed by atoms with Gasteiger partial charge < -0.3 is 34.5 Å². The van der Waals surface area contributed by atoms with Crippen LogP contribution in [0.1, 0.15) is 24.0 Å². The highest BCUT2D eigenvalue weighted by Gasteiger charge is 2.21. The van der Waals surface area contributed by atoms with Crippen molar-refractivity contribution in [3.63, 3.8) is 0 Å². The molecular formula is C28H30B2F8N2. The third-order valence-corrected chi connectivity index (χ3v) is 5.56. The predicted octanol–water partition coefficient (Wildman–Crippen LogP) is 7.79. The number of benzene rings is 2. The molecule has 2 nitrogen and oxygen atoms in total. The standard InChI is InChI=1S/C28H30N2.2BF4/c1-3-9-25(10-4-1)13-7-19-29-21-15-27(16-22-29)28-17-23-30(24-18-28)20-8-14-26-11-5-2-6-12-26;2*2-1(3,4)5/h1-6,9-12,15-18,21-24H,7-8,13-14,19-20H2;;/q+2;2*-1. The fourth-order valence-electron chi connectivity index (χ4n) is 3.82. The Labute approximate surface area is 229 Å². The second-order valence-corrected chi connectivity index (χ2v) is 8.82. The first-order valence-corrected chi connectivity index (χ1v) is 12.7. The molecule has 0 aliphatic carbocycles. The lowest BCUT2D eigenvalue weighted by atomic mass is 10.1. The van der Waals surface area contributed by atoms with E-state index in [1.807, 2.05) is 0 Å². The van der Waals surface area contributed by atoms with E-state index in [1.54, 1.807) is 0 Å². The van der Waals surface area contributed by atoms with E-state index in [0.717, 1.165) is 38.8 Å². The summed E-state index contributed by atoms with van der Waals surface area (Å²) in [5, 5.41) is 0. The molecule has 2 aromatic heterocycles. The van der Waals surface area contributed by atoms with Crippen LogP contribution in [0.2, 0.25) is 0 Å². The van der Waals surface area contributed by atoms with Gasteiger partial charge in [0.15, 0.2) is 24.8 Å². The fraction of sp³-hybridized carbons (Fsp3) is 0.214. The summed E-state index contributed by atoms with van der Waals surface area (Å²) in [5.74, 6) is 0. The average Bonchev–Trinajstić information content (AvgIpc) is 2.89. The normalized spacial score (nSPS) is 11.1. The van der Waals surface area contributed by atoms with Crippen LogP contribution in [0.3, 0.4) is 0 Å². The molecule has 4 rings (SSSR count). The molecule has 0 aliphatic rings. The highest BCUT2D eigenvalue weighted by molar-refractivity contribution is 6.50. The first kappa shape index (κ1) is 32.5. The maximum atomic E-state index is 9.75. The van der Waals surface area contributed by atoms with E-state index in [9.17, 15) is 34.5 Å². The molecule has 0 unspecified atom stereocenters. The zero-order valence-electron chi connectivity index (χ0n) is 21.7. The van der Waals surface area contributed by atoms with Crippen molar-refractivity contribution in [3.05, 3.63) is 121 Å². The zero-order valence-corrected chi connectivity index (χ0v) is 21.7. The fourth-order valence-corrected chi connectivity index (χ4v) is 3.82. The molecule has 0 atom stereocenters. The smallest absolute Gasteiger partial charge is 0.418 e. The van der Waals surface area contributed by atoms with Gasteiger partial charge in [-0.1, -0.05) is 60.7 Å². The lowest BCUT2D eigenvalue weighted by Gasteiger charge is -2.03. The van der Waals surface area contributed by atoms with E-state index in [4.69, 9.17) is 0 Å². The van der Waals surface area contributed by atoms with Crippen molar-refractivity contribution in [1.82, 2.24) is 0 Å². The van der Waals surface area contributed by atoms with Crippen molar-refractivity contribution in [2.24, 2.45) is 0 Å². The number of pyridine rings is 2. The summed E-state index contributed by atoms with van der Waals surface area (Å²) in [7, 11) is -12.0. The first-order chi connectivity index (χ1) is 18.9. The molecule has 0 saturated heterocycles. The van der Waals surface area contributed by atoms with Gasteiger partial charge in [-0.3, -0.25) is 0 Å². The van der Waals surface area contributed by atoms with Crippen molar-refractivity contribution >= 4 is 14.5 Å². The van der Waals surface area contributed by atoms with Gasteiger partial charge in [-0.15, -0.1) is 0 Å². The van der Waals surface area contributed by atoms with Gasteiger partial charge >= 0.3 is 14.5 Å². The predicted molar refractivity (Wildman–Crippen MR) is 142 cm³/mol. The molecular weight excluding hydrogens is 538 g/mol. The van der Waals surface area contributed by atoms with E-state index in [2.05, 4.69) is 119 Å². The average molecular weight is 568 g/mol. The Balaban J connectivity index is 0.000000482. The molecule has 0 bridgehead atoms. The van der Waals surface area contributed by atoms with Gasteiger partial charge in [0.05, 0.1) is 0 Å². The van der Waals surface area contributed by atoms with Crippen LogP contribution in [0.5, 0.6) is 0 Å². The molecule has 12 heteroatoms. The first-order valence-electron chi connectivity index (χ1n) is 12.7. The van der Waals surface area contributed by atoms with Gasteiger partial charge in [0.25, 0.3) is 0 Å². The number of aryl methyl sites for hydroxylation is 4. The summed E-state index contributed by atoms with van der Waals surface area (Å²) in [6.07, 6.45) is 13.3. The highest BCUT2D eigenvalue weighted by atomic mass is 19.5. The summed E-state index contributed by atoms with van der Waals surface area (Å²) in [4.78, 5) is 0. The molecule has 40 heavy (non-hydrogen) atoms. The van der Waals surface area contributed by atoms with Gasteiger partial charge in [-0.2, -0.15) is 0 Å². The highest BCUT2D eigenvalue weighted by Crippen LogP contribution is 2.16. The van der Waals surface area contributed by atoms with Crippen LogP contribution < -0.4 is 9.13 Å². The minimum atomic E-state index is -6.00. The number of nitrogens with zero attached hydrogens (tertiary/aromatic N) is 2. The number of hydrogen-bond donors (Lipinski definition) is 0. The lowest BCUT2D eigenvalue weighted by Crippen LogP contribution is -2.33. The zero-order chi connectivity index (χ0) is 29.4. The van der Waals surface area contributed by atoms with Gasteiger partial charge in [0.1, 0.15) is 13.1 Å². The van der Waals surface area contributed by atoms with Gasteiger partial charge in [-0.25, -0.2) is 9.13 Å². The second kappa shape index (κ2) is 16.4. The van der Waals surface area contributed by atoms with Crippen LogP contribution in [0.15, 0.2) is 110 Å². The minimum Gasteiger partial charge on any atom is -0.418 e. The van der Waals surface area contributed by atoms with Crippen LogP contribution in [-0.4, -0.2) is 14.5 Å². The molecule has 0 aliphatic heterocycles. The van der Waals surface area contributed by atoms with Crippen molar-refractivity contribution in [2.45, 2.75) is 38.8 Å². The Hall–Kier alpha value is -3.69. The van der Waals surface area contributed by atoms with Crippen LogP contribution in [0, 0.1) is 0 Å². The van der Waals surface area contributed by atoms with E-state index in [-0.39, 0.29) is 0 Å². The van der Waals surface area contributed by atoms with Crippen LogP contribution >= 0.6 is 0 Å². The van der Waals surface area contributed by atoms with Gasteiger partial charge in [0.2, 0.25) is 0 Å². The summed E-state index contributed by atoms with van der Waals surface area (Å²) in [5.41, 5.74) is 5.36. The molecule has 2 heterocycles. The molecule has 0 radical (unpaired) electrons. The monoisotopic (exact) mass is 568 g/mol. The third-order valence-electron chi connectivity index (χ3n) is 5.56. The third kappa shape index (κ3) is 16.3. The Morgan fingerprint density at radius 3 is 0.975 bits per heavy atom. The number of aromatic nitrogens is 2. The Morgan fingerprint density at radius 2 is 0.700 bits per heavy atom. The van der Waals surface area contributed by atoms with Crippen LogP contribution in [0.25, 0.3) is 11.1 Å². The topological polar surface area (TPSA) is 7.76 Å². The Bertz CT molecular complexity index is 1110.